The fourth-order valence-corrected chi connectivity index (χ4v) is 3.02. The van der Waals surface area contributed by atoms with Crippen molar-refractivity contribution in [3.05, 3.63) is 71.0 Å². The highest BCUT2D eigenvalue weighted by atomic mass is 35.5. The molecular formula is C16H13ClN2O2S. The highest BCUT2D eigenvalue weighted by Crippen LogP contribution is 2.35. The van der Waals surface area contributed by atoms with Gasteiger partial charge in [-0.15, -0.1) is 0 Å². The van der Waals surface area contributed by atoms with Crippen molar-refractivity contribution in [3.8, 4) is 0 Å². The Morgan fingerprint density at radius 3 is 2.27 bits per heavy atom. The Labute approximate surface area is 134 Å². The molecule has 0 bridgehead atoms. The average Bonchev–Trinajstić information content (AvgIpc) is 2.97. The third-order valence-electron chi connectivity index (χ3n) is 3.43. The van der Waals surface area contributed by atoms with Crippen molar-refractivity contribution in [3.63, 3.8) is 0 Å². The molecule has 0 radical (unpaired) electrons. The summed E-state index contributed by atoms with van der Waals surface area (Å²) >= 11 is 5.87. The number of pyridine rings is 1. The molecule has 0 saturated carbocycles. The normalized spacial score (nSPS) is 14.6. The van der Waals surface area contributed by atoms with E-state index >= 15 is 0 Å². The zero-order valence-corrected chi connectivity index (χ0v) is 13.1. The van der Waals surface area contributed by atoms with Crippen molar-refractivity contribution in [1.29, 1.82) is 0 Å². The molecule has 0 fully saturated rings. The summed E-state index contributed by atoms with van der Waals surface area (Å²) in [5, 5.41) is 5.70. The number of nitrogens with two attached hydrogens (primary N) is 1. The van der Waals surface area contributed by atoms with Crippen LogP contribution in [-0.2, 0) is 10.0 Å². The molecule has 0 atom stereocenters. The summed E-state index contributed by atoms with van der Waals surface area (Å²) in [7, 11) is -3.67. The Bertz CT molecular complexity index is 867. The van der Waals surface area contributed by atoms with E-state index in [0.717, 1.165) is 28.8 Å². The first-order valence-corrected chi connectivity index (χ1v) is 8.53. The number of allylic oxidation sites excluding steroid dienone is 4. The van der Waals surface area contributed by atoms with Gasteiger partial charge in [-0.2, -0.15) is 0 Å². The van der Waals surface area contributed by atoms with Crippen LogP contribution in [0.5, 0.6) is 0 Å². The number of hydrogen-bond acceptors (Lipinski definition) is 3. The first-order valence-electron chi connectivity index (χ1n) is 6.61. The fraction of sp³-hybridized carbons (Fsp3) is 0.0625. The van der Waals surface area contributed by atoms with E-state index in [4.69, 9.17) is 16.7 Å². The van der Waals surface area contributed by atoms with E-state index < -0.39 is 10.0 Å². The molecule has 2 N–H and O–H groups in total. The van der Waals surface area contributed by atoms with Gasteiger partial charge in [-0.05, 0) is 41.8 Å². The van der Waals surface area contributed by atoms with Gasteiger partial charge in [0.05, 0.1) is 15.6 Å². The highest BCUT2D eigenvalue weighted by Gasteiger charge is 2.16. The number of hydrogen-bond donors (Lipinski definition) is 1. The molecule has 1 heterocycles. The van der Waals surface area contributed by atoms with E-state index in [2.05, 4.69) is 17.1 Å². The van der Waals surface area contributed by atoms with Crippen molar-refractivity contribution < 1.29 is 8.42 Å². The van der Waals surface area contributed by atoms with Crippen molar-refractivity contribution in [2.24, 2.45) is 5.14 Å². The lowest BCUT2D eigenvalue weighted by Gasteiger charge is -2.09. The second-order valence-corrected chi connectivity index (χ2v) is 6.90. The Morgan fingerprint density at radius 2 is 1.68 bits per heavy atom. The molecule has 1 aliphatic carbocycles. The topological polar surface area (TPSA) is 73.1 Å². The highest BCUT2D eigenvalue weighted by molar-refractivity contribution is 7.89. The first-order chi connectivity index (χ1) is 10.4. The second kappa shape index (κ2) is 5.68. The van der Waals surface area contributed by atoms with Gasteiger partial charge in [0.1, 0.15) is 0 Å². The van der Waals surface area contributed by atoms with Crippen molar-refractivity contribution in [2.75, 3.05) is 0 Å². The fourth-order valence-electron chi connectivity index (χ4n) is 2.39. The smallest absolute Gasteiger partial charge is 0.238 e. The predicted molar refractivity (Wildman–Crippen MR) is 87.6 cm³/mol. The van der Waals surface area contributed by atoms with Crippen LogP contribution in [0, 0.1) is 0 Å². The second-order valence-electron chi connectivity index (χ2n) is 4.90. The minimum absolute atomic E-state index is 0.102. The lowest BCUT2D eigenvalue weighted by Crippen LogP contribution is -2.11. The summed E-state index contributed by atoms with van der Waals surface area (Å²) in [4.78, 5) is 4.44. The third-order valence-corrected chi connectivity index (χ3v) is 4.58. The molecule has 1 aromatic carbocycles. The monoisotopic (exact) mass is 332 g/mol. The van der Waals surface area contributed by atoms with E-state index in [-0.39, 0.29) is 4.90 Å². The van der Waals surface area contributed by atoms with Gasteiger partial charge in [0.25, 0.3) is 0 Å². The molecule has 22 heavy (non-hydrogen) atoms. The van der Waals surface area contributed by atoms with Crippen molar-refractivity contribution in [1.82, 2.24) is 4.98 Å². The van der Waals surface area contributed by atoms with Crippen LogP contribution >= 0.6 is 11.6 Å². The number of sulfonamides is 1. The number of rotatable bonds is 3. The molecule has 112 valence electrons. The quantitative estimate of drug-likeness (QED) is 0.937. The van der Waals surface area contributed by atoms with E-state index in [1.54, 1.807) is 24.4 Å². The average molecular weight is 333 g/mol. The van der Waals surface area contributed by atoms with Gasteiger partial charge in [0, 0.05) is 11.8 Å². The molecule has 0 spiro atoms. The number of primary sulfonamides is 1. The first kappa shape index (κ1) is 15.0. The van der Waals surface area contributed by atoms with Crippen LogP contribution < -0.4 is 5.14 Å². The maximum absolute atomic E-state index is 11.3. The Morgan fingerprint density at radius 1 is 1.00 bits per heavy atom. The van der Waals surface area contributed by atoms with Crippen LogP contribution in [0.3, 0.4) is 0 Å². The standard InChI is InChI=1S/C16H13ClN2O2S/c17-12-6-9-16(19-10-12)15-3-1-2-14(15)11-4-7-13(8-5-11)22(18,20)21/h2-10H,1H2,(H2,18,20,21). The summed E-state index contributed by atoms with van der Waals surface area (Å²) < 4.78 is 22.6. The van der Waals surface area contributed by atoms with Gasteiger partial charge in [-0.1, -0.05) is 35.9 Å². The van der Waals surface area contributed by atoms with Gasteiger partial charge in [-0.3, -0.25) is 4.98 Å². The van der Waals surface area contributed by atoms with Crippen molar-refractivity contribution >= 4 is 32.8 Å². The minimum Gasteiger partial charge on any atom is -0.255 e. The molecule has 6 heteroatoms. The summed E-state index contributed by atoms with van der Waals surface area (Å²) in [5.41, 5.74) is 3.80. The molecule has 0 amide bonds. The third kappa shape index (κ3) is 2.97. The van der Waals surface area contributed by atoms with Crippen LogP contribution in [0.25, 0.3) is 11.1 Å². The van der Waals surface area contributed by atoms with E-state index in [0.29, 0.717) is 5.02 Å². The lowest BCUT2D eigenvalue weighted by molar-refractivity contribution is 0.598. The summed E-state index contributed by atoms with van der Waals surface area (Å²) in [6.07, 6.45) is 6.58. The van der Waals surface area contributed by atoms with Crippen LogP contribution in [0.2, 0.25) is 5.02 Å². The van der Waals surface area contributed by atoms with Gasteiger partial charge in [0.2, 0.25) is 10.0 Å². The van der Waals surface area contributed by atoms with E-state index in [1.807, 2.05) is 6.07 Å². The summed E-state index contributed by atoms with van der Waals surface area (Å²) in [6.45, 7) is 0. The van der Waals surface area contributed by atoms with Gasteiger partial charge >= 0.3 is 0 Å². The maximum atomic E-state index is 11.3. The zero-order chi connectivity index (χ0) is 15.7. The Balaban J connectivity index is 1.95. The zero-order valence-electron chi connectivity index (χ0n) is 11.5. The molecule has 3 rings (SSSR count). The summed E-state index contributed by atoms with van der Waals surface area (Å²) in [6, 6.07) is 10.2. The number of benzene rings is 1. The van der Waals surface area contributed by atoms with Crippen LogP contribution in [-0.4, -0.2) is 13.4 Å². The largest absolute Gasteiger partial charge is 0.255 e. The molecule has 4 nitrogen and oxygen atoms in total. The number of aromatic nitrogens is 1. The summed E-state index contributed by atoms with van der Waals surface area (Å²) in [5.74, 6) is 0. The molecule has 1 aromatic heterocycles. The SMILES string of the molecule is NS(=O)(=O)c1ccc(C2=CCC=C2c2ccc(Cl)cn2)cc1. The Hall–Kier alpha value is -1.95. The molecule has 0 aliphatic heterocycles. The molecular weight excluding hydrogens is 320 g/mol. The van der Waals surface area contributed by atoms with Crippen molar-refractivity contribution in [2.45, 2.75) is 11.3 Å². The Kier molecular flexibility index (Phi) is 3.87. The van der Waals surface area contributed by atoms with Gasteiger partial charge < -0.3 is 0 Å². The molecule has 0 unspecified atom stereocenters. The number of nitrogens with zero attached hydrogens (tertiary/aromatic N) is 1. The molecule has 0 saturated heterocycles. The van der Waals surface area contributed by atoms with Crippen LogP contribution in [0.1, 0.15) is 17.7 Å². The van der Waals surface area contributed by atoms with Crippen LogP contribution in [0.4, 0.5) is 0 Å². The van der Waals surface area contributed by atoms with E-state index in [9.17, 15) is 8.42 Å². The van der Waals surface area contributed by atoms with E-state index in [1.165, 1.54) is 12.1 Å². The lowest BCUT2D eigenvalue weighted by atomic mass is 9.98. The van der Waals surface area contributed by atoms with Gasteiger partial charge in [-0.25, -0.2) is 13.6 Å². The van der Waals surface area contributed by atoms with Crippen LogP contribution in [0.15, 0.2) is 59.6 Å². The minimum atomic E-state index is -3.67. The molecule has 2 aromatic rings. The van der Waals surface area contributed by atoms with Gasteiger partial charge in [0.15, 0.2) is 0 Å². The molecule has 1 aliphatic rings. The number of halogens is 1. The predicted octanol–water partition coefficient (Wildman–Crippen LogP) is 3.25. The maximum Gasteiger partial charge on any atom is 0.238 e.